The first-order chi connectivity index (χ1) is 8.45. The van der Waals surface area contributed by atoms with E-state index < -0.39 is 10.5 Å². The molecular formula is C12H15N3O3. The highest BCUT2D eigenvalue weighted by Crippen LogP contribution is 2.30. The van der Waals surface area contributed by atoms with E-state index in [-0.39, 0.29) is 5.69 Å². The Morgan fingerprint density at radius 1 is 1.72 bits per heavy atom. The van der Waals surface area contributed by atoms with Crippen LogP contribution in [-0.2, 0) is 0 Å². The molecule has 0 atom stereocenters. The van der Waals surface area contributed by atoms with E-state index in [4.69, 9.17) is 0 Å². The molecule has 0 unspecified atom stereocenters. The van der Waals surface area contributed by atoms with E-state index in [0.29, 0.717) is 30.9 Å². The Kier molecular flexibility index (Phi) is 3.04. The molecule has 1 saturated heterocycles. The highest BCUT2D eigenvalue weighted by Gasteiger charge is 2.40. The monoisotopic (exact) mass is 249 g/mol. The van der Waals surface area contributed by atoms with E-state index in [1.165, 1.54) is 6.20 Å². The summed E-state index contributed by atoms with van der Waals surface area (Å²) in [5.41, 5.74) is -0.149. The number of aromatic nitrogens is 1. The van der Waals surface area contributed by atoms with Gasteiger partial charge in [-0.3, -0.25) is 10.1 Å². The van der Waals surface area contributed by atoms with Gasteiger partial charge in [-0.25, -0.2) is 4.98 Å². The fourth-order valence-electron chi connectivity index (χ4n) is 2.12. The third-order valence-corrected chi connectivity index (χ3v) is 3.08. The van der Waals surface area contributed by atoms with Crippen molar-refractivity contribution in [3.05, 3.63) is 40.6 Å². The molecule has 1 N–H and O–H groups in total. The average molecular weight is 249 g/mol. The molecule has 0 radical (unpaired) electrons. The third kappa shape index (κ3) is 2.19. The van der Waals surface area contributed by atoms with Crippen molar-refractivity contribution in [2.45, 2.75) is 18.9 Å². The van der Waals surface area contributed by atoms with E-state index in [9.17, 15) is 15.2 Å². The van der Waals surface area contributed by atoms with Crippen molar-refractivity contribution in [3.63, 3.8) is 0 Å². The zero-order chi connectivity index (χ0) is 13.3. The molecule has 1 aromatic heterocycles. The van der Waals surface area contributed by atoms with Crippen LogP contribution in [0.1, 0.15) is 12.0 Å². The Morgan fingerprint density at radius 3 is 2.89 bits per heavy atom. The highest BCUT2D eigenvalue weighted by atomic mass is 16.6. The Labute approximate surface area is 105 Å². The number of β-amino-alcohol motifs (C(OH)–C–C–N with tert-alkyl or cyclic N) is 1. The zero-order valence-corrected chi connectivity index (χ0v) is 10.2. The predicted molar refractivity (Wildman–Crippen MR) is 67.6 cm³/mol. The summed E-state index contributed by atoms with van der Waals surface area (Å²) in [5, 5.41) is 20.7. The van der Waals surface area contributed by atoms with Gasteiger partial charge in [-0.1, -0.05) is 6.08 Å². The Balaban J connectivity index is 2.11. The van der Waals surface area contributed by atoms with Gasteiger partial charge in [0.25, 0.3) is 5.69 Å². The van der Waals surface area contributed by atoms with Gasteiger partial charge in [0.15, 0.2) is 0 Å². The molecule has 2 rings (SSSR count). The van der Waals surface area contributed by atoms with Crippen molar-refractivity contribution < 1.29 is 10.0 Å². The lowest BCUT2D eigenvalue weighted by molar-refractivity contribution is -0.385. The third-order valence-electron chi connectivity index (χ3n) is 3.08. The second-order valence-electron chi connectivity index (χ2n) is 4.66. The van der Waals surface area contributed by atoms with Crippen LogP contribution in [0.2, 0.25) is 0 Å². The van der Waals surface area contributed by atoms with Gasteiger partial charge in [0, 0.05) is 5.56 Å². The lowest BCUT2D eigenvalue weighted by atomic mass is 9.90. The van der Waals surface area contributed by atoms with Crippen LogP contribution in [0.15, 0.2) is 24.9 Å². The highest BCUT2D eigenvalue weighted by molar-refractivity contribution is 5.51. The van der Waals surface area contributed by atoms with Crippen molar-refractivity contribution in [2.75, 3.05) is 18.0 Å². The van der Waals surface area contributed by atoms with Crippen molar-refractivity contribution in [3.8, 4) is 0 Å². The van der Waals surface area contributed by atoms with Crippen molar-refractivity contribution in [1.29, 1.82) is 0 Å². The fraction of sp³-hybridized carbons (Fsp3) is 0.417. The number of anilines is 1. The molecule has 0 bridgehead atoms. The molecule has 18 heavy (non-hydrogen) atoms. The van der Waals surface area contributed by atoms with Crippen LogP contribution in [0.3, 0.4) is 0 Å². The summed E-state index contributed by atoms with van der Waals surface area (Å²) in [6.45, 7) is 6.23. The maximum Gasteiger partial charge on any atom is 0.290 e. The Morgan fingerprint density at radius 2 is 2.39 bits per heavy atom. The molecular weight excluding hydrogens is 234 g/mol. The summed E-state index contributed by atoms with van der Waals surface area (Å²) in [5.74, 6) is 0.659. The molecule has 0 amide bonds. The van der Waals surface area contributed by atoms with Crippen LogP contribution in [0.4, 0.5) is 11.5 Å². The van der Waals surface area contributed by atoms with E-state index >= 15 is 0 Å². The molecule has 96 valence electrons. The molecule has 6 nitrogen and oxygen atoms in total. The molecule has 0 saturated carbocycles. The van der Waals surface area contributed by atoms with Crippen molar-refractivity contribution >= 4 is 11.5 Å². The number of nitrogens with zero attached hydrogens (tertiary/aromatic N) is 3. The second kappa shape index (κ2) is 4.38. The van der Waals surface area contributed by atoms with Gasteiger partial charge in [-0.15, -0.1) is 6.58 Å². The van der Waals surface area contributed by atoms with Crippen LogP contribution in [-0.4, -0.2) is 33.7 Å². The number of hydrogen-bond acceptors (Lipinski definition) is 5. The normalized spacial score (nSPS) is 17.1. The SMILES string of the molecule is C=CCC1(O)CN(c2cc(C)c([N+](=O)[O-])cn2)C1. The quantitative estimate of drug-likeness (QED) is 0.496. The van der Waals surface area contributed by atoms with E-state index in [0.717, 1.165) is 0 Å². The van der Waals surface area contributed by atoms with Crippen molar-refractivity contribution in [1.82, 2.24) is 4.98 Å². The first kappa shape index (κ1) is 12.5. The maximum absolute atomic E-state index is 10.7. The van der Waals surface area contributed by atoms with E-state index in [1.54, 1.807) is 19.1 Å². The standard InChI is InChI=1S/C12H15N3O3/c1-3-4-12(16)7-14(8-12)11-5-9(2)10(6-13-11)15(17)18/h3,5-6,16H,1,4,7-8H2,2H3. The van der Waals surface area contributed by atoms with Gasteiger partial charge < -0.3 is 10.0 Å². The van der Waals surface area contributed by atoms with Gasteiger partial charge in [0.1, 0.15) is 17.6 Å². The average Bonchev–Trinajstić information content (AvgIpc) is 2.25. The molecule has 6 heteroatoms. The van der Waals surface area contributed by atoms with E-state index in [2.05, 4.69) is 11.6 Å². The number of rotatable bonds is 4. The van der Waals surface area contributed by atoms with Crippen LogP contribution in [0.25, 0.3) is 0 Å². The molecule has 0 spiro atoms. The molecule has 1 aliphatic heterocycles. The number of aryl methyl sites for hydroxylation is 1. The van der Waals surface area contributed by atoms with Gasteiger partial charge in [-0.05, 0) is 19.4 Å². The molecule has 0 aliphatic carbocycles. The molecule has 1 aromatic rings. The van der Waals surface area contributed by atoms with Crippen LogP contribution in [0.5, 0.6) is 0 Å². The number of hydrogen-bond donors (Lipinski definition) is 1. The van der Waals surface area contributed by atoms with E-state index in [1.807, 2.05) is 4.90 Å². The largest absolute Gasteiger partial charge is 0.386 e. The van der Waals surface area contributed by atoms with Gasteiger partial charge in [-0.2, -0.15) is 0 Å². The van der Waals surface area contributed by atoms with Crippen LogP contribution >= 0.6 is 0 Å². The topological polar surface area (TPSA) is 79.5 Å². The minimum absolute atomic E-state index is 0.0145. The molecule has 1 fully saturated rings. The summed E-state index contributed by atoms with van der Waals surface area (Å²) in [7, 11) is 0. The predicted octanol–water partition coefficient (Wildman–Crippen LogP) is 1.43. The summed E-state index contributed by atoms with van der Waals surface area (Å²) < 4.78 is 0. The van der Waals surface area contributed by atoms with Crippen LogP contribution < -0.4 is 4.90 Å². The summed E-state index contributed by atoms with van der Waals surface area (Å²) in [4.78, 5) is 16.2. The summed E-state index contributed by atoms with van der Waals surface area (Å²) >= 11 is 0. The smallest absolute Gasteiger partial charge is 0.290 e. The van der Waals surface area contributed by atoms with Gasteiger partial charge >= 0.3 is 0 Å². The molecule has 0 aromatic carbocycles. The first-order valence-electron chi connectivity index (χ1n) is 5.64. The maximum atomic E-state index is 10.7. The Bertz CT molecular complexity index is 495. The summed E-state index contributed by atoms with van der Waals surface area (Å²) in [6.07, 6.45) is 3.48. The number of pyridine rings is 1. The molecule has 1 aliphatic rings. The van der Waals surface area contributed by atoms with Gasteiger partial charge in [0.05, 0.1) is 18.0 Å². The lowest BCUT2D eigenvalue weighted by Gasteiger charge is -2.46. The lowest BCUT2D eigenvalue weighted by Crippen LogP contribution is -2.62. The molecule has 2 heterocycles. The first-order valence-corrected chi connectivity index (χ1v) is 5.64. The minimum Gasteiger partial charge on any atom is -0.386 e. The Hall–Kier alpha value is -1.95. The van der Waals surface area contributed by atoms with Crippen molar-refractivity contribution in [2.24, 2.45) is 0 Å². The fourth-order valence-corrected chi connectivity index (χ4v) is 2.12. The summed E-state index contributed by atoms with van der Waals surface area (Å²) in [6, 6.07) is 1.67. The zero-order valence-electron chi connectivity index (χ0n) is 10.2. The van der Waals surface area contributed by atoms with Gasteiger partial charge in [0.2, 0.25) is 0 Å². The number of nitro groups is 1. The van der Waals surface area contributed by atoms with Crippen LogP contribution in [0, 0.1) is 17.0 Å². The number of aliphatic hydroxyl groups is 1. The second-order valence-corrected chi connectivity index (χ2v) is 4.66. The minimum atomic E-state index is -0.737.